The Morgan fingerprint density at radius 1 is 1.40 bits per heavy atom. The fraction of sp³-hybridized carbons (Fsp3) is 0.455. The number of benzene rings is 1. The van der Waals surface area contributed by atoms with Crippen LogP contribution in [0.3, 0.4) is 0 Å². The highest BCUT2D eigenvalue weighted by atomic mass is 19.3. The quantitative estimate of drug-likeness (QED) is 0.838. The first-order valence-corrected chi connectivity index (χ1v) is 4.73. The zero-order valence-electron chi connectivity index (χ0n) is 8.84. The lowest BCUT2D eigenvalue weighted by Gasteiger charge is -2.14. The fourth-order valence-corrected chi connectivity index (χ4v) is 1.51. The van der Waals surface area contributed by atoms with Gasteiger partial charge in [0.25, 0.3) is 0 Å². The molecule has 0 saturated heterocycles. The summed E-state index contributed by atoms with van der Waals surface area (Å²) in [5.74, 6) is 0.709. The molecule has 1 rings (SSSR count). The van der Waals surface area contributed by atoms with Crippen LogP contribution in [0.4, 0.5) is 8.78 Å². The third-order valence-corrected chi connectivity index (χ3v) is 2.31. The van der Waals surface area contributed by atoms with E-state index in [2.05, 4.69) is 0 Å². The Bertz CT molecular complexity index is 328. The maximum Gasteiger partial charge on any atom is 0.240 e. The van der Waals surface area contributed by atoms with Gasteiger partial charge in [-0.25, -0.2) is 8.78 Å². The van der Waals surface area contributed by atoms with Crippen molar-refractivity contribution in [3.8, 4) is 5.75 Å². The van der Waals surface area contributed by atoms with Crippen LogP contribution in [-0.2, 0) is 0 Å². The maximum atomic E-state index is 12.1. The molecule has 4 heteroatoms. The van der Waals surface area contributed by atoms with Gasteiger partial charge in [-0.2, -0.15) is 0 Å². The molecule has 0 unspecified atom stereocenters. The van der Waals surface area contributed by atoms with Crippen LogP contribution in [-0.4, -0.2) is 13.5 Å². The smallest absolute Gasteiger partial charge is 0.240 e. The zero-order chi connectivity index (χ0) is 11.4. The minimum atomic E-state index is -2.37. The van der Waals surface area contributed by atoms with Gasteiger partial charge in [-0.3, -0.25) is 0 Å². The van der Waals surface area contributed by atoms with Gasteiger partial charge in [0.1, 0.15) is 5.75 Å². The van der Waals surface area contributed by atoms with Gasteiger partial charge in [-0.05, 0) is 30.2 Å². The highest BCUT2D eigenvalue weighted by Crippen LogP contribution is 2.24. The van der Waals surface area contributed by atoms with Crippen LogP contribution in [0, 0.1) is 6.92 Å². The standard InChI is InChI=1S/C11H15F2NO/c1-7-5-8(15-2)3-4-9(7)10(14)6-11(12)13/h3-5,10-11H,6,14H2,1-2H3/t10-/m0/s1. The zero-order valence-corrected chi connectivity index (χ0v) is 8.84. The summed E-state index contributed by atoms with van der Waals surface area (Å²) in [4.78, 5) is 0. The van der Waals surface area contributed by atoms with Gasteiger partial charge < -0.3 is 10.5 Å². The van der Waals surface area contributed by atoms with E-state index >= 15 is 0 Å². The number of methoxy groups -OCH3 is 1. The molecule has 1 aromatic carbocycles. The van der Waals surface area contributed by atoms with Crippen LogP contribution in [0.5, 0.6) is 5.75 Å². The molecule has 1 aromatic rings. The minimum Gasteiger partial charge on any atom is -0.497 e. The molecule has 0 spiro atoms. The van der Waals surface area contributed by atoms with Gasteiger partial charge in [-0.15, -0.1) is 0 Å². The van der Waals surface area contributed by atoms with E-state index in [-0.39, 0.29) is 6.42 Å². The Labute approximate surface area is 88.0 Å². The molecule has 0 heterocycles. The summed E-state index contributed by atoms with van der Waals surface area (Å²) >= 11 is 0. The van der Waals surface area contributed by atoms with E-state index in [1.165, 1.54) is 0 Å². The number of nitrogens with two attached hydrogens (primary N) is 1. The average molecular weight is 215 g/mol. The normalized spacial score (nSPS) is 12.9. The van der Waals surface area contributed by atoms with Crippen molar-refractivity contribution in [3.05, 3.63) is 29.3 Å². The van der Waals surface area contributed by atoms with Crippen LogP contribution >= 0.6 is 0 Å². The van der Waals surface area contributed by atoms with E-state index in [0.29, 0.717) is 5.75 Å². The van der Waals surface area contributed by atoms with Gasteiger partial charge in [0.15, 0.2) is 0 Å². The lowest BCUT2D eigenvalue weighted by Crippen LogP contribution is -2.15. The molecule has 2 nitrogen and oxygen atoms in total. The van der Waals surface area contributed by atoms with Crippen molar-refractivity contribution in [1.82, 2.24) is 0 Å². The maximum absolute atomic E-state index is 12.1. The molecule has 0 aliphatic rings. The van der Waals surface area contributed by atoms with E-state index < -0.39 is 12.5 Å². The highest BCUT2D eigenvalue weighted by molar-refractivity contribution is 5.36. The van der Waals surface area contributed by atoms with Crippen molar-refractivity contribution in [3.63, 3.8) is 0 Å². The summed E-state index contributed by atoms with van der Waals surface area (Å²) in [6, 6.07) is 4.64. The molecular weight excluding hydrogens is 200 g/mol. The average Bonchev–Trinajstić information content (AvgIpc) is 2.16. The summed E-state index contributed by atoms with van der Waals surface area (Å²) in [5, 5.41) is 0. The molecule has 0 amide bonds. The summed E-state index contributed by atoms with van der Waals surface area (Å²) in [5.41, 5.74) is 7.29. The fourth-order valence-electron chi connectivity index (χ4n) is 1.51. The number of ether oxygens (including phenoxy) is 1. The predicted molar refractivity (Wildman–Crippen MR) is 55.3 cm³/mol. The number of aryl methyl sites for hydroxylation is 1. The topological polar surface area (TPSA) is 35.2 Å². The van der Waals surface area contributed by atoms with Gasteiger partial charge in [0, 0.05) is 12.5 Å². The van der Waals surface area contributed by atoms with Crippen LogP contribution in [0.25, 0.3) is 0 Å². The molecule has 0 bridgehead atoms. The first kappa shape index (κ1) is 11.9. The second kappa shape index (κ2) is 5.07. The Kier molecular flexibility index (Phi) is 4.03. The third kappa shape index (κ3) is 3.16. The van der Waals surface area contributed by atoms with E-state index in [4.69, 9.17) is 10.5 Å². The Balaban J connectivity index is 2.85. The molecule has 84 valence electrons. The lowest BCUT2D eigenvalue weighted by atomic mass is 9.99. The Hall–Kier alpha value is -1.16. The number of hydrogen-bond acceptors (Lipinski definition) is 2. The van der Waals surface area contributed by atoms with Crippen molar-refractivity contribution in [2.45, 2.75) is 25.8 Å². The SMILES string of the molecule is COc1ccc([C@@H](N)CC(F)F)c(C)c1. The molecule has 0 aliphatic carbocycles. The summed E-state index contributed by atoms with van der Waals surface area (Å²) < 4.78 is 29.3. The van der Waals surface area contributed by atoms with Gasteiger partial charge >= 0.3 is 0 Å². The largest absolute Gasteiger partial charge is 0.497 e. The molecule has 0 aromatic heterocycles. The molecule has 15 heavy (non-hydrogen) atoms. The van der Waals surface area contributed by atoms with E-state index in [0.717, 1.165) is 11.1 Å². The Morgan fingerprint density at radius 2 is 2.07 bits per heavy atom. The van der Waals surface area contributed by atoms with Crippen molar-refractivity contribution >= 4 is 0 Å². The van der Waals surface area contributed by atoms with Crippen molar-refractivity contribution in [1.29, 1.82) is 0 Å². The first-order chi connectivity index (χ1) is 7.04. The van der Waals surface area contributed by atoms with Crippen molar-refractivity contribution in [2.24, 2.45) is 5.73 Å². The second-order valence-electron chi connectivity index (χ2n) is 3.46. The number of rotatable bonds is 4. The van der Waals surface area contributed by atoms with Gasteiger partial charge in [0.05, 0.1) is 7.11 Å². The Morgan fingerprint density at radius 3 is 2.53 bits per heavy atom. The molecular formula is C11H15F2NO. The van der Waals surface area contributed by atoms with E-state index in [1.54, 1.807) is 25.3 Å². The molecule has 0 radical (unpaired) electrons. The molecule has 0 saturated carbocycles. The van der Waals surface area contributed by atoms with Crippen molar-refractivity contribution in [2.75, 3.05) is 7.11 Å². The summed E-state index contributed by atoms with van der Waals surface area (Å²) in [6.07, 6.45) is -2.69. The summed E-state index contributed by atoms with van der Waals surface area (Å²) in [6.45, 7) is 1.84. The van der Waals surface area contributed by atoms with Gasteiger partial charge in [-0.1, -0.05) is 6.07 Å². The highest BCUT2D eigenvalue weighted by Gasteiger charge is 2.14. The van der Waals surface area contributed by atoms with Crippen molar-refractivity contribution < 1.29 is 13.5 Å². The predicted octanol–water partition coefficient (Wildman–Crippen LogP) is 2.66. The molecule has 1 atom stereocenters. The number of hydrogen-bond donors (Lipinski definition) is 1. The lowest BCUT2D eigenvalue weighted by molar-refractivity contribution is 0.128. The van der Waals surface area contributed by atoms with Crippen LogP contribution in [0.2, 0.25) is 0 Å². The first-order valence-electron chi connectivity index (χ1n) is 4.73. The third-order valence-electron chi connectivity index (χ3n) is 2.31. The molecule has 0 aliphatic heterocycles. The summed E-state index contributed by atoms with van der Waals surface area (Å²) in [7, 11) is 1.56. The van der Waals surface area contributed by atoms with Crippen LogP contribution in [0.15, 0.2) is 18.2 Å². The molecule has 2 N–H and O–H groups in total. The second-order valence-corrected chi connectivity index (χ2v) is 3.46. The van der Waals surface area contributed by atoms with Crippen LogP contribution < -0.4 is 10.5 Å². The minimum absolute atomic E-state index is 0.312. The monoisotopic (exact) mass is 215 g/mol. The molecule has 0 fully saturated rings. The van der Waals surface area contributed by atoms with Crippen LogP contribution in [0.1, 0.15) is 23.6 Å². The van der Waals surface area contributed by atoms with E-state index in [1.807, 2.05) is 6.92 Å². The number of alkyl halides is 2. The van der Waals surface area contributed by atoms with E-state index in [9.17, 15) is 8.78 Å². The number of halogens is 2. The van der Waals surface area contributed by atoms with Gasteiger partial charge in [0.2, 0.25) is 6.43 Å².